The Morgan fingerprint density at radius 1 is 1.22 bits per heavy atom. The van der Waals surface area contributed by atoms with Crippen molar-refractivity contribution in [3.63, 3.8) is 0 Å². The summed E-state index contributed by atoms with van der Waals surface area (Å²) in [5.41, 5.74) is 1.30. The molecule has 1 aromatic carbocycles. The molecule has 0 unspecified atom stereocenters. The average molecular weight is 370 g/mol. The number of likely N-dealkylation sites (N-methyl/N-ethyl adjacent to an activating group) is 1. The minimum Gasteiger partial charge on any atom is -0.461 e. The third-order valence-electron chi connectivity index (χ3n) is 7.01. The Labute approximate surface area is 164 Å². The van der Waals surface area contributed by atoms with Gasteiger partial charge in [-0.05, 0) is 49.8 Å². The number of hydrogen-bond acceptors (Lipinski definition) is 3. The summed E-state index contributed by atoms with van der Waals surface area (Å²) in [6, 6.07) is 10.5. The number of likely N-dealkylation sites (tertiary alicyclic amines) is 1. The summed E-state index contributed by atoms with van der Waals surface area (Å²) in [7, 11) is 2.02. The van der Waals surface area contributed by atoms with Gasteiger partial charge in [-0.25, -0.2) is 0 Å². The summed E-state index contributed by atoms with van der Waals surface area (Å²) in [6.45, 7) is 11.7. The Bertz CT molecular complexity index is 654. The van der Waals surface area contributed by atoms with E-state index in [0.29, 0.717) is 11.8 Å². The molecule has 0 spiro atoms. The van der Waals surface area contributed by atoms with Gasteiger partial charge >= 0.3 is 5.97 Å². The molecule has 1 saturated carbocycles. The standard InChI is InChI=1S/C24H35NO2/c1-6-18-14-15-25(5)22(18)23(26)27-21-16-17(2)12-13-20(21)24(3,4)19-10-8-7-9-11-19/h6-11,17-18,20-22H,1,12-16H2,2-5H3/t17-,18+,20-,21-,22-/m0/s1. The molecule has 1 aromatic rings. The Balaban J connectivity index is 1.80. The fourth-order valence-corrected chi connectivity index (χ4v) is 5.16. The molecule has 0 N–H and O–H groups in total. The number of ether oxygens (including phenoxy) is 1. The molecule has 3 heteroatoms. The van der Waals surface area contributed by atoms with Crippen molar-refractivity contribution in [3.05, 3.63) is 48.6 Å². The van der Waals surface area contributed by atoms with Gasteiger partial charge in [-0.2, -0.15) is 0 Å². The molecule has 1 heterocycles. The lowest BCUT2D eigenvalue weighted by Crippen LogP contribution is -2.47. The first-order chi connectivity index (χ1) is 12.8. The maximum absolute atomic E-state index is 13.1. The molecule has 2 fully saturated rings. The number of esters is 1. The number of hydrogen-bond donors (Lipinski definition) is 0. The van der Waals surface area contributed by atoms with Gasteiger partial charge in [0.1, 0.15) is 12.1 Å². The van der Waals surface area contributed by atoms with Gasteiger partial charge in [-0.3, -0.25) is 9.69 Å². The van der Waals surface area contributed by atoms with Gasteiger partial charge in [0.05, 0.1) is 0 Å². The van der Waals surface area contributed by atoms with Crippen molar-refractivity contribution in [2.45, 2.75) is 64.0 Å². The second-order valence-corrected chi connectivity index (χ2v) is 9.20. The lowest BCUT2D eigenvalue weighted by atomic mass is 9.64. The molecule has 2 aliphatic rings. The quantitative estimate of drug-likeness (QED) is 0.550. The first-order valence-corrected chi connectivity index (χ1v) is 10.4. The van der Waals surface area contributed by atoms with Crippen LogP contribution in [0.3, 0.4) is 0 Å². The average Bonchev–Trinajstić information content (AvgIpc) is 3.03. The van der Waals surface area contributed by atoms with Crippen LogP contribution in [0.2, 0.25) is 0 Å². The maximum atomic E-state index is 13.1. The van der Waals surface area contributed by atoms with Crippen molar-refractivity contribution < 1.29 is 9.53 Å². The van der Waals surface area contributed by atoms with Crippen LogP contribution in [0.15, 0.2) is 43.0 Å². The second kappa shape index (κ2) is 8.18. The van der Waals surface area contributed by atoms with E-state index in [2.05, 4.69) is 62.6 Å². The summed E-state index contributed by atoms with van der Waals surface area (Å²) < 4.78 is 6.24. The number of rotatable bonds is 5. The molecule has 3 rings (SSSR count). The van der Waals surface area contributed by atoms with Crippen molar-refractivity contribution in [3.8, 4) is 0 Å². The van der Waals surface area contributed by atoms with E-state index in [1.54, 1.807) is 0 Å². The molecule has 148 valence electrons. The molecule has 0 amide bonds. The van der Waals surface area contributed by atoms with E-state index in [1.807, 2.05) is 13.1 Å². The van der Waals surface area contributed by atoms with Gasteiger partial charge in [0.2, 0.25) is 0 Å². The Kier molecular flexibility index (Phi) is 6.10. The molecule has 3 nitrogen and oxygen atoms in total. The van der Waals surface area contributed by atoms with E-state index in [4.69, 9.17) is 4.74 Å². The predicted octanol–water partition coefficient (Wildman–Crippen LogP) is 4.82. The van der Waals surface area contributed by atoms with Crippen LogP contribution in [0.4, 0.5) is 0 Å². The third kappa shape index (κ3) is 4.13. The monoisotopic (exact) mass is 369 g/mol. The number of carbonyl (C=O) groups is 1. The van der Waals surface area contributed by atoms with Gasteiger partial charge in [-0.1, -0.05) is 63.6 Å². The SMILES string of the molecule is C=C[C@@H]1CCN(C)[C@@H]1C(=O)O[C@H]1C[C@@H](C)CC[C@@H]1C(C)(C)c1ccccc1. The van der Waals surface area contributed by atoms with Crippen molar-refractivity contribution in [2.75, 3.05) is 13.6 Å². The maximum Gasteiger partial charge on any atom is 0.324 e. The molecule has 5 atom stereocenters. The zero-order valence-corrected chi connectivity index (χ0v) is 17.4. The highest BCUT2D eigenvalue weighted by Crippen LogP contribution is 2.44. The van der Waals surface area contributed by atoms with E-state index in [0.717, 1.165) is 25.8 Å². The molecule has 0 radical (unpaired) electrons. The van der Waals surface area contributed by atoms with E-state index in [-0.39, 0.29) is 29.4 Å². The Hall–Kier alpha value is -1.61. The minimum absolute atomic E-state index is 0.0177. The van der Waals surface area contributed by atoms with Gasteiger partial charge in [0.15, 0.2) is 0 Å². The molecule has 0 aromatic heterocycles. The summed E-state index contributed by atoms with van der Waals surface area (Å²) in [5.74, 6) is 1.08. The highest BCUT2D eigenvalue weighted by Gasteiger charge is 2.44. The number of nitrogens with zero attached hydrogens (tertiary/aromatic N) is 1. The van der Waals surface area contributed by atoms with Crippen molar-refractivity contribution in [1.82, 2.24) is 4.90 Å². The van der Waals surface area contributed by atoms with Crippen LogP contribution >= 0.6 is 0 Å². The Morgan fingerprint density at radius 3 is 2.59 bits per heavy atom. The fraction of sp³-hybridized carbons (Fsp3) is 0.625. The molecular formula is C24H35NO2. The highest BCUT2D eigenvalue weighted by atomic mass is 16.5. The predicted molar refractivity (Wildman–Crippen MR) is 111 cm³/mol. The van der Waals surface area contributed by atoms with Gasteiger partial charge in [0, 0.05) is 11.8 Å². The number of carbonyl (C=O) groups excluding carboxylic acids is 1. The summed E-state index contributed by atoms with van der Waals surface area (Å²) >= 11 is 0. The Morgan fingerprint density at radius 2 is 1.93 bits per heavy atom. The van der Waals surface area contributed by atoms with Gasteiger partial charge in [-0.15, -0.1) is 6.58 Å². The third-order valence-corrected chi connectivity index (χ3v) is 7.01. The fourth-order valence-electron chi connectivity index (χ4n) is 5.16. The first kappa shape index (κ1) is 20.1. The molecule has 1 aliphatic carbocycles. The zero-order chi connectivity index (χ0) is 19.6. The summed E-state index contributed by atoms with van der Waals surface area (Å²) in [4.78, 5) is 15.2. The summed E-state index contributed by atoms with van der Waals surface area (Å²) in [6.07, 6.45) is 6.15. The van der Waals surface area contributed by atoms with E-state index in [1.165, 1.54) is 12.0 Å². The zero-order valence-electron chi connectivity index (χ0n) is 17.4. The van der Waals surface area contributed by atoms with Crippen LogP contribution in [0, 0.1) is 17.8 Å². The lowest BCUT2D eigenvalue weighted by molar-refractivity contribution is -0.162. The first-order valence-electron chi connectivity index (χ1n) is 10.4. The van der Waals surface area contributed by atoms with Gasteiger partial charge < -0.3 is 4.74 Å². The molecular weight excluding hydrogens is 334 g/mol. The van der Waals surface area contributed by atoms with Gasteiger partial charge in [0.25, 0.3) is 0 Å². The van der Waals surface area contributed by atoms with Crippen LogP contribution in [0.5, 0.6) is 0 Å². The summed E-state index contributed by atoms with van der Waals surface area (Å²) in [5, 5.41) is 0. The minimum atomic E-state index is -0.180. The molecule has 1 saturated heterocycles. The highest BCUT2D eigenvalue weighted by molar-refractivity contribution is 5.77. The number of benzene rings is 1. The van der Waals surface area contributed by atoms with Crippen LogP contribution in [0.25, 0.3) is 0 Å². The van der Waals surface area contributed by atoms with Crippen molar-refractivity contribution in [1.29, 1.82) is 0 Å². The smallest absolute Gasteiger partial charge is 0.324 e. The molecule has 27 heavy (non-hydrogen) atoms. The van der Waals surface area contributed by atoms with E-state index < -0.39 is 0 Å². The van der Waals surface area contributed by atoms with Crippen LogP contribution in [-0.4, -0.2) is 36.6 Å². The van der Waals surface area contributed by atoms with Crippen molar-refractivity contribution >= 4 is 5.97 Å². The second-order valence-electron chi connectivity index (χ2n) is 9.20. The van der Waals surface area contributed by atoms with Crippen LogP contribution in [0.1, 0.15) is 52.0 Å². The molecule has 0 bridgehead atoms. The normalized spacial score (nSPS) is 32.2. The molecule has 1 aliphatic heterocycles. The van der Waals surface area contributed by atoms with Crippen LogP contribution < -0.4 is 0 Å². The van der Waals surface area contributed by atoms with Crippen molar-refractivity contribution in [2.24, 2.45) is 17.8 Å². The van der Waals surface area contributed by atoms with E-state index >= 15 is 0 Å². The van der Waals surface area contributed by atoms with Crippen LogP contribution in [-0.2, 0) is 14.9 Å². The van der Waals surface area contributed by atoms with E-state index in [9.17, 15) is 4.79 Å². The lowest BCUT2D eigenvalue weighted by Gasteiger charge is -2.44. The largest absolute Gasteiger partial charge is 0.461 e. The topological polar surface area (TPSA) is 29.5 Å².